The number of rotatable bonds is 6. The topological polar surface area (TPSA) is 39.1 Å². The normalized spacial score (nSPS) is 18.7. The van der Waals surface area contributed by atoms with E-state index in [0.717, 1.165) is 25.1 Å². The highest BCUT2D eigenvalue weighted by atomic mass is 16.6. The monoisotopic (exact) mass is 367 g/mol. The van der Waals surface area contributed by atoms with Crippen LogP contribution >= 0.6 is 0 Å². The van der Waals surface area contributed by atoms with E-state index in [1.807, 2.05) is 0 Å². The zero-order valence-electron chi connectivity index (χ0n) is 16.5. The van der Waals surface area contributed by atoms with E-state index >= 15 is 0 Å². The summed E-state index contributed by atoms with van der Waals surface area (Å²) in [6, 6.07) is 11.2. The van der Waals surface area contributed by atoms with Gasteiger partial charge in [0.15, 0.2) is 0 Å². The van der Waals surface area contributed by atoms with E-state index in [9.17, 15) is 0 Å². The lowest BCUT2D eigenvalue weighted by atomic mass is 9.96. The van der Waals surface area contributed by atoms with Crippen molar-refractivity contribution in [3.05, 3.63) is 52.8 Å². The van der Waals surface area contributed by atoms with Crippen molar-refractivity contribution < 1.29 is 4.84 Å². The molecule has 1 aromatic carbocycles. The molecule has 0 unspecified atom stereocenters. The quantitative estimate of drug-likeness (QED) is 0.735. The highest BCUT2D eigenvalue weighted by Crippen LogP contribution is 2.26. The third-order valence-corrected chi connectivity index (χ3v) is 6.08. The van der Waals surface area contributed by atoms with E-state index in [0.29, 0.717) is 12.6 Å². The average Bonchev–Trinajstić information content (AvgIpc) is 3.02. The molecule has 0 bridgehead atoms. The minimum Gasteiger partial charge on any atom is -0.295 e. The van der Waals surface area contributed by atoms with Gasteiger partial charge >= 0.3 is 0 Å². The summed E-state index contributed by atoms with van der Waals surface area (Å²) in [5.41, 5.74) is 8.67. The van der Waals surface area contributed by atoms with Crippen LogP contribution in [-0.2, 0) is 30.8 Å². The summed E-state index contributed by atoms with van der Waals surface area (Å²) in [5, 5.41) is 4.95. The lowest BCUT2D eigenvalue weighted by molar-refractivity contribution is -0.00421. The van der Waals surface area contributed by atoms with Crippen molar-refractivity contribution in [3.63, 3.8) is 0 Å². The minimum absolute atomic E-state index is 0.507. The molecule has 4 heteroatoms. The summed E-state index contributed by atoms with van der Waals surface area (Å²) >= 11 is 0. The molecule has 1 fully saturated rings. The number of hydrogen-bond donors (Lipinski definition) is 1. The standard InChI is InChI=1S/C23H33N3O/c1-2-7-13-20(14-8-3-1)25-27-18-22-21-15-9-10-16-23(21)26(24-22)17-19-11-5-4-6-12-19/h4-6,11-12,20,25H,1-3,7-10,13-18H2. The van der Waals surface area contributed by atoms with Gasteiger partial charge in [-0.25, -0.2) is 0 Å². The highest BCUT2D eigenvalue weighted by molar-refractivity contribution is 5.29. The molecule has 27 heavy (non-hydrogen) atoms. The zero-order chi connectivity index (χ0) is 18.3. The molecule has 0 amide bonds. The van der Waals surface area contributed by atoms with E-state index in [1.54, 1.807) is 0 Å². The Labute approximate surface area is 163 Å². The second-order valence-electron chi connectivity index (χ2n) is 8.17. The number of fused-ring (bicyclic) bond motifs is 1. The van der Waals surface area contributed by atoms with E-state index in [4.69, 9.17) is 9.94 Å². The molecule has 4 rings (SSSR count). The molecule has 2 aliphatic rings. The second-order valence-corrected chi connectivity index (χ2v) is 8.17. The van der Waals surface area contributed by atoms with Gasteiger partial charge in [0.05, 0.1) is 12.2 Å². The Kier molecular flexibility index (Phi) is 6.59. The summed E-state index contributed by atoms with van der Waals surface area (Å²) in [4.78, 5) is 5.96. The van der Waals surface area contributed by atoms with Gasteiger partial charge in [0, 0.05) is 11.7 Å². The first kappa shape index (κ1) is 18.7. The van der Waals surface area contributed by atoms with Crippen molar-refractivity contribution in [1.29, 1.82) is 0 Å². The molecule has 0 radical (unpaired) electrons. The maximum Gasteiger partial charge on any atom is 0.112 e. The minimum atomic E-state index is 0.507. The van der Waals surface area contributed by atoms with E-state index < -0.39 is 0 Å². The predicted octanol–water partition coefficient (Wildman–Crippen LogP) is 4.94. The predicted molar refractivity (Wildman–Crippen MR) is 108 cm³/mol. The number of hydrogen-bond acceptors (Lipinski definition) is 3. The van der Waals surface area contributed by atoms with Crippen LogP contribution in [0.2, 0.25) is 0 Å². The first-order valence-corrected chi connectivity index (χ1v) is 10.9. The van der Waals surface area contributed by atoms with Gasteiger partial charge in [-0.2, -0.15) is 10.6 Å². The van der Waals surface area contributed by atoms with Gasteiger partial charge in [-0.1, -0.05) is 62.4 Å². The Morgan fingerprint density at radius 1 is 0.926 bits per heavy atom. The van der Waals surface area contributed by atoms with Gasteiger partial charge < -0.3 is 0 Å². The van der Waals surface area contributed by atoms with Crippen LogP contribution in [-0.4, -0.2) is 15.8 Å². The Morgan fingerprint density at radius 3 is 2.48 bits per heavy atom. The van der Waals surface area contributed by atoms with Gasteiger partial charge in [0.25, 0.3) is 0 Å². The van der Waals surface area contributed by atoms with Crippen molar-refractivity contribution in [2.75, 3.05) is 0 Å². The molecule has 0 spiro atoms. The molecule has 1 aromatic heterocycles. The average molecular weight is 368 g/mol. The third kappa shape index (κ3) is 4.99. The summed E-state index contributed by atoms with van der Waals surface area (Å²) in [6.45, 7) is 1.44. The lowest BCUT2D eigenvalue weighted by Gasteiger charge is -2.20. The zero-order valence-corrected chi connectivity index (χ0v) is 16.5. The fourth-order valence-corrected chi connectivity index (χ4v) is 4.56. The van der Waals surface area contributed by atoms with Crippen molar-refractivity contribution >= 4 is 0 Å². The number of hydroxylamine groups is 1. The molecule has 4 nitrogen and oxygen atoms in total. The van der Waals surface area contributed by atoms with Crippen molar-refractivity contribution in [2.24, 2.45) is 0 Å². The first-order valence-electron chi connectivity index (χ1n) is 10.9. The van der Waals surface area contributed by atoms with E-state index in [2.05, 4.69) is 40.5 Å². The summed E-state index contributed by atoms with van der Waals surface area (Å²) in [5.74, 6) is 0. The van der Waals surface area contributed by atoms with Crippen LogP contribution in [0.15, 0.2) is 30.3 Å². The van der Waals surface area contributed by atoms with Crippen molar-refractivity contribution in [3.8, 4) is 0 Å². The maximum absolute atomic E-state index is 5.96. The lowest BCUT2D eigenvalue weighted by Crippen LogP contribution is -2.30. The molecule has 2 aromatic rings. The molecule has 146 valence electrons. The van der Waals surface area contributed by atoms with Crippen LogP contribution in [0.3, 0.4) is 0 Å². The summed E-state index contributed by atoms with van der Waals surface area (Å²) in [6.07, 6.45) is 14.1. The van der Waals surface area contributed by atoms with Crippen LogP contribution < -0.4 is 5.48 Å². The molecule has 1 saturated carbocycles. The number of nitrogens with one attached hydrogen (secondary N) is 1. The molecular weight excluding hydrogens is 334 g/mol. The first-order chi connectivity index (χ1) is 13.4. The Balaban J connectivity index is 1.40. The fraction of sp³-hybridized carbons (Fsp3) is 0.609. The maximum atomic E-state index is 5.96. The molecule has 2 aliphatic carbocycles. The Hall–Kier alpha value is -1.65. The SMILES string of the molecule is c1ccc(Cn2nc(CONC3CCCCCCC3)c3c2CCCC3)cc1. The van der Waals surface area contributed by atoms with Gasteiger partial charge in [0.2, 0.25) is 0 Å². The summed E-state index contributed by atoms with van der Waals surface area (Å²) in [7, 11) is 0. The summed E-state index contributed by atoms with van der Waals surface area (Å²) < 4.78 is 2.22. The number of aromatic nitrogens is 2. The highest BCUT2D eigenvalue weighted by Gasteiger charge is 2.21. The van der Waals surface area contributed by atoms with Crippen LogP contribution in [0.5, 0.6) is 0 Å². The van der Waals surface area contributed by atoms with Crippen LogP contribution in [0.4, 0.5) is 0 Å². The van der Waals surface area contributed by atoms with E-state index in [-0.39, 0.29) is 0 Å². The molecule has 1 N–H and O–H groups in total. The molecular formula is C23H33N3O. The van der Waals surface area contributed by atoms with Crippen molar-refractivity contribution in [1.82, 2.24) is 15.3 Å². The second kappa shape index (κ2) is 9.52. The number of nitrogens with zero attached hydrogens (tertiary/aromatic N) is 2. The number of benzene rings is 1. The Bertz CT molecular complexity index is 702. The van der Waals surface area contributed by atoms with Gasteiger partial charge in [0.1, 0.15) is 6.61 Å². The molecule has 0 saturated heterocycles. The van der Waals surface area contributed by atoms with Crippen molar-refractivity contribution in [2.45, 2.75) is 89.8 Å². The van der Waals surface area contributed by atoms with Crippen LogP contribution in [0.1, 0.15) is 80.3 Å². The molecule has 1 heterocycles. The van der Waals surface area contributed by atoms with Gasteiger partial charge in [-0.15, -0.1) is 0 Å². The van der Waals surface area contributed by atoms with Crippen LogP contribution in [0, 0.1) is 0 Å². The van der Waals surface area contributed by atoms with Gasteiger partial charge in [-0.05, 0) is 49.7 Å². The third-order valence-electron chi connectivity index (χ3n) is 6.08. The smallest absolute Gasteiger partial charge is 0.112 e. The fourth-order valence-electron chi connectivity index (χ4n) is 4.56. The van der Waals surface area contributed by atoms with Gasteiger partial charge in [-0.3, -0.25) is 9.52 Å². The van der Waals surface area contributed by atoms with Crippen LogP contribution in [0.25, 0.3) is 0 Å². The molecule has 0 atom stereocenters. The Morgan fingerprint density at radius 2 is 1.67 bits per heavy atom. The largest absolute Gasteiger partial charge is 0.295 e. The van der Waals surface area contributed by atoms with E-state index in [1.165, 1.54) is 74.6 Å². The molecule has 0 aliphatic heterocycles.